The molecule has 2 aliphatic rings. The molecule has 1 N–H and O–H groups in total. The van der Waals surface area contributed by atoms with Gasteiger partial charge in [-0.05, 0) is 66.1 Å². The molecule has 6 nitrogen and oxygen atoms in total. The second kappa shape index (κ2) is 7.09. The maximum absolute atomic E-state index is 14.5. The molecular weight excluding hydrogens is 436 g/mol. The molecule has 0 saturated heterocycles. The van der Waals surface area contributed by atoms with Gasteiger partial charge in [-0.3, -0.25) is 0 Å². The lowest BCUT2D eigenvalue weighted by Crippen LogP contribution is -2.38. The van der Waals surface area contributed by atoms with Gasteiger partial charge in [0.05, 0.1) is 33.6 Å². The van der Waals surface area contributed by atoms with Gasteiger partial charge in [-0.25, -0.2) is 23.7 Å². The Morgan fingerprint density at radius 2 is 1.76 bits per heavy atom. The van der Waals surface area contributed by atoms with Crippen LogP contribution in [-0.2, 0) is 5.41 Å². The fourth-order valence-electron chi connectivity index (χ4n) is 6.05. The highest BCUT2D eigenvalue weighted by atomic mass is 19.1. The number of hydrogen-bond acceptors (Lipinski definition) is 6. The van der Waals surface area contributed by atoms with E-state index < -0.39 is 17.0 Å². The number of halogens is 2. The second-order valence-electron chi connectivity index (χ2n) is 9.49. The van der Waals surface area contributed by atoms with E-state index in [2.05, 4.69) is 34.0 Å². The quantitative estimate of drug-likeness (QED) is 0.456. The smallest absolute Gasteiger partial charge is 0.222 e. The van der Waals surface area contributed by atoms with E-state index in [1.807, 2.05) is 6.07 Å². The number of aromatic hydroxyl groups is 1. The fraction of sp³-hybridized carbons (Fsp3) is 0.269. The summed E-state index contributed by atoms with van der Waals surface area (Å²) in [6, 6.07) is 10.9. The molecule has 0 amide bonds. The van der Waals surface area contributed by atoms with Crippen molar-refractivity contribution in [3.63, 3.8) is 0 Å². The minimum Gasteiger partial charge on any atom is -0.493 e. The van der Waals surface area contributed by atoms with Gasteiger partial charge in [0.25, 0.3) is 0 Å². The predicted molar refractivity (Wildman–Crippen MR) is 121 cm³/mol. The van der Waals surface area contributed by atoms with Crippen LogP contribution in [0.3, 0.4) is 0 Å². The maximum Gasteiger partial charge on any atom is 0.222 e. The Morgan fingerprint density at radius 3 is 2.53 bits per heavy atom. The zero-order valence-corrected chi connectivity index (χ0v) is 18.6. The molecule has 2 bridgehead atoms. The first kappa shape index (κ1) is 20.8. The van der Waals surface area contributed by atoms with Crippen LogP contribution >= 0.6 is 0 Å². The molecule has 1 fully saturated rings. The van der Waals surface area contributed by atoms with Gasteiger partial charge in [-0.1, -0.05) is 19.9 Å². The zero-order valence-electron chi connectivity index (χ0n) is 18.6. The van der Waals surface area contributed by atoms with Crippen molar-refractivity contribution in [2.45, 2.75) is 38.0 Å². The number of pyridine rings is 1. The first-order valence-electron chi connectivity index (χ1n) is 11.1. The van der Waals surface area contributed by atoms with E-state index in [1.165, 1.54) is 24.4 Å². The molecule has 170 valence electrons. The Morgan fingerprint density at radius 1 is 0.971 bits per heavy atom. The van der Waals surface area contributed by atoms with Crippen molar-refractivity contribution in [1.82, 2.24) is 25.1 Å². The summed E-state index contributed by atoms with van der Waals surface area (Å²) in [5, 5.41) is 19.0. The van der Waals surface area contributed by atoms with Crippen molar-refractivity contribution >= 4 is 0 Å². The summed E-state index contributed by atoms with van der Waals surface area (Å²) in [6.45, 7) is 4.36. The van der Waals surface area contributed by atoms with E-state index in [-0.39, 0.29) is 28.5 Å². The van der Waals surface area contributed by atoms with Crippen molar-refractivity contribution in [3.05, 3.63) is 83.4 Å². The molecule has 3 aromatic heterocycles. The first-order chi connectivity index (χ1) is 16.3. The molecule has 2 aliphatic carbocycles. The van der Waals surface area contributed by atoms with Crippen molar-refractivity contribution in [2.24, 2.45) is 5.41 Å². The molecule has 0 spiro atoms. The summed E-state index contributed by atoms with van der Waals surface area (Å²) in [6.07, 6.45) is 4.89. The molecule has 0 unspecified atom stereocenters. The van der Waals surface area contributed by atoms with Crippen LogP contribution in [0.5, 0.6) is 5.88 Å². The predicted octanol–water partition coefficient (Wildman–Crippen LogP) is 5.18. The molecule has 3 heterocycles. The third kappa shape index (κ3) is 2.62. The van der Waals surface area contributed by atoms with Crippen molar-refractivity contribution in [2.75, 3.05) is 0 Å². The molecule has 4 aromatic rings. The fourth-order valence-corrected chi connectivity index (χ4v) is 6.05. The average Bonchev–Trinajstić information content (AvgIpc) is 3.20. The van der Waals surface area contributed by atoms with Gasteiger partial charge in [-0.15, -0.1) is 5.10 Å². The van der Waals surface area contributed by atoms with Crippen LogP contribution in [0.1, 0.15) is 49.6 Å². The molecule has 6 rings (SSSR count). The molecule has 2 atom stereocenters. The van der Waals surface area contributed by atoms with Crippen LogP contribution in [0.25, 0.3) is 22.6 Å². The Balaban J connectivity index is 1.53. The van der Waals surface area contributed by atoms with Crippen LogP contribution in [0.4, 0.5) is 8.78 Å². The van der Waals surface area contributed by atoms with Gasteiger partial charge in [0, 0.05) is 12.4 Å². The second-order valence-corrected chi connectivity index (χ2v) is 9.49. The number of benzene rings is 1. The highest BCUT2D eigenvalue weighted by Crippen LogP contribution is 2.69. The van der Waals surface area contributed by atoms with E-state index in [9.17, 15) is 13.9 Å². The number of rotatable bonds is 3. The van der Waals surface area contributed by atoms with E-state index in [4.69, 9.17) is 4.98 Å². The number of fused-ring (bicyclic) bond motifs is 5. The summed E-state index contributed by atoms with van der Waals surface area (Å²) < 4.78 is 28.9. The molecule has 1 aromatic carbocycles. The minimum atomic E-state index is -0.664. The van der Waals surface area contributed by atoms with Crippen LogP contribution < -0.4 is 0 Å². The van der Waals surface area contributed by atoms with E-state index in [0.717, 1.165) is 29.8 Å². The third-order valence-electron chi connectivity index (χ3n) is 7.72. The lowest BCUT2D eigenvalue weighted by atomic mass is 9.66. The summed E-state index contributed by atoms with van der Waals surface area (Å²) >= 11 is 0. The van der Waals surface area contributed by atoms with Gasteiger partial charge < -0.3 is 5.11 Å². The molecule has 0 radical (unpaired) electrons. The minimum absolute atomic E-state index is 0.135. The Kier molecular flexibility index (Phi) is 4.33. The highest BCUT2D eigenvalue weighted by Gasteiger charge is 2.65. The summed E-state index contributed by atoms with van der Waals surface area (Å²) in [5.74, 6) is -0.949. The Bertz CT molecular complexity index is 1440. The SMILES string of the molecule is CC1(C)[C@H]2CC[C@]1(c1ccnc(-c3cccnc3O)n1)c1nnc(-c3c(F)cccc3F)cc12. The van der Waals surface area contributed by atoms with E-state index in [1.54, 1.807) is 24.4 Å². The monoisotopic (exact) mass is 457 g/mol. The molecule has 34 heavy (non-hydrogen) atoms. The van der Waals surface area contributed by atoms with Crippen LogP contribution in [0, 0.1) is 17.0 Å². The van der Waals surface area contributed by atoms with Crippen LogP contribution in [-0.4, -0.2) is 30.3 Å². The topological polar surface area (TPSA) is 84.7 Å². The van der Waals surface area contributed by atoms with Crippen molar-refractivity contribution in [1.29, 1.82) is 0 Å². The average molecular weight is 457 g/mol. The van der Waals surface area contributed by atoms with Gasteiger partial charge in [0.1, 0.15) is 11.6 Å². The lowest BCUT2D eigenvalue weighted by Gasteiger charge is -2.37. The molecular formula is C26H21F2N5O. The first-order valence-corrected chi connectivity index (χ1v) is 11.1. The lowest BCUT2D eigenvalue weighted by molar-refractivity contribution is 0.243. The highest BCUT2D eigenvalue weighted by molar-refractivity contribution is 5.65. The van der Waals surface area contributed by atoms with E-state index in [0.29, 0.717) is 11.4 Å². The van der Waals surface area contributed by atoms with Gasteiger partial charge in [0.15, 0.2) is 5.82 Å². The van der Waals surface area contributed by atoms with E-state index >= 15 is 0 Å². The van der Waals surface area contributed by atoms with Crippen LogP contribution in [0.15, 0.2) is 54.9 Å². The Hall–Kier alpha value is -3.81. The number of nitrogens with zero attached hydrogens (tertiary/aromatic N) is 5. The number of aromatic nitrogens is 5. The third-order valence-corrected chi connectivity index (χ3v) is 7.72. The van der Waals surface area contributed by atoms with Crippen molar-refractivity contribution in [3.8, 4) is 28.5 Å². The molecule has 8 heteroatoms. The van der Waals surface area contributed by atoms with Crippen LogP contribution in [0.2, 0.25) is 0 Å². The standard InChI is InChI=1S/C26H21F2N5O/c1-25(2)16-8-10-26(25,20-9-12-29-23(31-20)14-5-4-11-30-24(14)34)22-15(16)13-19(32-33-22)21-17(27)6-3-7-18(21)28/h3-7,9,11-13,16H,8,10H2,1-2H3,(H,30,34)/t16-,26-/m0/s1. The summed E-state index contributed by atoms with van der Waals surface area (Å²) in [7, 11) is 0. The largest absolute Gasteiger partial charge is 0.493 e. The summed E-state index contributed by atoms with van der Waals surface area (Å²) in [5.41, 5.74) is 2.19. The van der Waals surface area contributed by atoms with Gasteiger partial charge >= 0.3 is 0 Å². The Labute approximate surface area is 194 Å². The molecule has 1 saturated carbocycles. The van der Waals surface area contributed by atoms with Gasteiger partial charge in [0.2, 0.25) is 5.88 Å². The molecule has 0 aliphatic heterocycles. The van der Waals surface area contributed by atoms with Crippen molar-refractivity contribution < 1.29 is 13.9 Å². The summed E-state index contributed by atoms with van der Waals surface area (Å²) in [4.78, 5) is 13.2. The maximum atomic E-state index is 14.5. The van der Waals surface area contributed by atoms with Gasteiger partial charge in [-0.2, -0.15) is 5.10 Å². The normalized spacial score (nSPS) is 22.1. The number of hydrogen-bond donors (Lipinski definition) is 1. The zero-order chi connectivity index (χ0) is 23.7.